The van der Waals surface area contributed by atoms with Crippen LogP contribution in [0.4, 0.5) is 5.69 Å². The monoisotopic (exact) mass is 193 g/mol. The average molecular weight is 193 g/mol. The Balaban J connectivity index is 0.000000791. The van der Waals surface area contributed by atoms with E-state index in [1.54, 1.807) is 0 Å². The first kappa shape index (κ1) is 13.0. The van der Waals surface area contributed by atoms with Crippen LogP contribution in [-0.4, -0.2) is 7.05 Å². The normalized spacial score (nSPS) is 9.36. The molecule has 1 nitrogen and oxygen atoms in total. The Morgan fingerprint density at radius 2 is 1.71 bits per heavy atom. The molecule has 0 fully saturated rings. The smallest absolute Gasteiger partial charge is 0.0370 e. The summed E-state index contributed by atoms with van der Waals surface area (Å²) in [4.78, 5) is 0. The lowest BCUT2D eigenvalue weighted by molar-refractivity contribution is 0.866. The van der Waals surface area contributed by atoms with Crippen molar-refractivity contribution in [1.82, 2.24) is 0 Å². The van der Waals surface area contributed by atoms with Crippen molar-refractivity contribution in [2.45, 2.75) is 40.5 Å². The second-order valence-electron chi connectivity index (χ2n) is 3.48. The Kier molecular flexibility index (Phi) is 6.02. The molecular formula is C13H23N. The summed E-state index contributed by atoms with van der Waals surface area (Å²) in [6.45, 7) is 10.5. The number of anilines is 1. The number of hydrogen-bond donors (Lipinski definition) is 1. The molecule has 1 heteroatoms. The van der Waals surface area contributed by atoms with Gasteiger partial charge >= 0.3 is 0 Å². The number of rotatable bonds is 2. The van der Waals surface area contributed by atoms with Crippen LogP contribution in [0.25, 0.3) is 0 Å². The van der Waals surface area contributed by atoms with Gasteiger partial charge in [-0.15, -0.1) is 0 Å². The Morgan fingerprint density at radius 3 is 2.14 bits per heavy atom. The zero-order chi connectivity index (χ0) is 11.1. The Hall–Kier alpha value is -0.980. The zero-order valence-electron chi connectivity index (χ0n) is 10.3. The van der Waals surface area contributed by atoms with E-state index in [4.69, 9.17) is 0 Å². The summed E-state index contributed by atoms with van der Waals surface area (Å²) in [6, 6.07) is 6.59. The Morgan fingerprint density at radius 1 is 1.14 bits per heavy atom. The van der Waals surface area contributed by atoms with Crippen molar-refractivity contribution in [3.63, 3.8) is 0 Å². The van der Waals surface area contributed by atoms with Gasteiger partial charge in [-0.25, -0.2) is 0 Å². The third kappa shape index (κ3) is 3.41. The van der Waals surface area contributed by atoms with Crippen molar-refractivity contribution < 1.29 is 0 Å². The topological polar surface area (TPSA) is 12.0 Å². The van der Waals surface area contributed by atoms with Crippen molar-refractivity contribution in [2.75, 3.05) is 12.4 Å². The molecule has 0 unspecified atom stereocenters. The molecule has 0 radical (unpaired) electrons. The molecule has 1 aromatic carbocycles. The molecular weight excluding hydrogens is 170 g/mol. The molecule has 0 aliphatic carbocycles. The van der Waals surface area contributed by atoms with Gasteiger partial charge in [-0.3, -0.25) is 0 Å². The van der Waals surface area contributed by atoms with Gasteiger partial charge in [0, 0.05) is 12.7 Å². The highest BCUT2D eigenvalue weighted by molar-refractivity contribution is 5.52. The van der Waals surface area contributed by atoms with E-state index in [1.165, 1.54) is 16.8 Å². The third-order valence-electron chi connectivity index (χ3n) is 2.20. The SMILES string of the molecule is CC.CNc1cc(C(C)C)ccc1C. The van der Waals surface area contributed by atoms with Crippen molar-refractivity contribution in [3.8, 4) is 0 Å². The Labute approximate surface area is 88.5 Å². The first-order chi connectivity index (χ1) is 6.65. The van der Waals surface area contributed by atoms with E-state index < -0.39 is 0 Å². The van der Waals surface area contributed by atoms with E-state index in [1.807, 2.05) is 20.9 Å². The lowest BCUT2D eigenvalue weighted by Gasteiger charge is -2.10. The van der Waals surface area contributed by atoms with Crippen LogP contribution in [0.2, 0.25) is 0 Å². The van der Waals surface area contributed by atoms with Gasteiger partial charge in [0.05, 0.1) is 0 Å². The summed E-state index contributed by atoms with van der Waals surface area (Å²) in [5.41, 5.74) is 3.94. The van der Waals surface area contributed by atoms with Gasteiger partial charge in [-0.05, 0) is 30.0 Å². The maximum Gasteiger partial charge on any atom is 0.0370 e. The van der Waals surface area contributed by atoms with Crippen molar-refractivity contribution in [2.24, 2.45) is 0 Å². The molecule has 0 spiro atoms. The molecule has 0 aliphatic rings. The molecule has 1 N–H and O–H groups in total. The number of nitrogens with one attached hydrogen (secondary N) is 1. The third-order valence-corrected chi connectivity index (χ3v) is 2.20. The molecule has 0 amide bonds. The second-order valence-corrected chi connectivity index (χ2v) is 3.48. The largest absolute Gasteiger partial charge is 0.388 e. The maximum absolute atomic E-state index is 3.19. The quantitative estimate of drug-likeness (QED) is 0.742. The highest BCUT2D eigenvalue weighted by Crippen LogP contribution is 2.21. The summed E-state index contributed by atoms with van der Waals surface area (Å²) in [5, 5.41) is 3.19. The van der Waals surface area contributed by atoms with Crippen molar-refractivity contribution in [3.05, 3.63) is 29.3 Å². The summed E-state index contributed by atoms with van der Waals surface area (Å²) in [5.74, 6) is 0.609. The molecule has 0 atom stereocenters. The minimum atomic E-state index is 0.609. The van der Waals surface area contributed by atoms with Gasteiger partial charge in [-0.1, -0.05) is 39.8 Å². The highest BCUT2D eigenvalue weighted by atomic mass is 14.8. The average Bonchev–Trinajstić information content (AvgIpc) is 2.21. The number of hydrogen-bond acceptors (Lipinski definition) is 1. The van der Waals surface area contributed by atoms with Gasteiger partial charge in [0.1, 0.15) is 0 Å². The van der Waals surface area contributed by atoms with Crippen LogP contribution in [-0.2, 0) is 0 Å². The predicted molar refractivity (Wildman–Crippen MR) is 66.2 cm³/mol. The minimum Gasteiger partial charge on any atom is -0.388 e. The molecule has 0 aliphatic heterocycles. The first-order valence-corrected chi connectivity index (χ1v) is 5.43. The summed E-state index contributed by atoms with van der Waals surface area (Å²) in [7, 11) is 1.96. The molecule has 0 saturated carbocycles. The zero-order valence-corrected chi connectivity index (χ0v) is 10.3. The minimum absolute atomic E-state index is 0.609. The summed E-state index contributed by atoms with van der Waals surface area (Å²) >= 11 is 0. The molecule has 0 bridgehead atoms. The van der Waals surface area contributed by atoms with Crippen LogP contribution >= 0.6 is 0 Å². The van der Waals surface area contributed by atoms with Gasteiger partial charge in [-0.2, -0.15) is 0 Å². The molecule has 0 saturated heterocycles. The molecule has 80 valence electrons. The maximum atomic E-state index is 3.19. The van der Waals surface area contributed by atoms with E-state index in [0.717, 1.165) is 0 Å². The van der Waals surface area contributed by atoms with Gasteiger partial charge < -0.3 is 5.32 Å². The van der Waals surface area contributed by atoms with Gasteiger partial charge in [0.25, 0.3) is 0 Å². The fourth-order valence-corrected chi connectivity index (χ4v) is 1.27. The van der Waals surface area contributed by atoms with E-state index in [0.29, 0.717) is 5.92 Å². The fraction of sp³-hybridized carbons (Fsp3) is 0.538. The van der Waals surface area contributed by atoms with Crippen LogP contribution in [0.15, 0.2) is 18.2 Å². The Bertz CT molecular complexity index is 264. The summed E-state index contributed by atoms with van der Waals surface area (Å²) < 4.78 is 0. The first-order valence-electron chi connectivity index (χ1n) is 5.43. The van der Waals surface area contributed by atoms with E-state index in [-0.39, 0.29) is 0 Å². The highest BCUT2D eigenvalue weighted by Gasteiger charge is 2.01. The van der Waals surface area contributed by atoms with Crippen molar-refractivity contribution >= 4 is 5.69 Å². The van der Waals surface area contributed by atoms with Crippen LogP contribution in [0.5, 0.6) is 0 Å². The van der Waals surface area contributed by atoms with E-state index >= 15 is 0 Å². The van der Waals surface area contributed by atoms with E-state index in [9.17, 15) is 0 Å². The van der Waals surface area contributed by atoms with Crippen LogP contribution in [0.3, 0.4) is 0 Å². The fourth-order valence-electron chi connectivity index (χ4n) is 1.27. The second kappa shape index (κ2) is 6.47. The number of benzene rings is 1. The molecule has 14 heavy (non-hydrogen) atoms. The standard InChI is InChI=1S/C11H17N.C2H6/c1-8(2)10-6-5-9(3)11(7-10)12-4;1-2/h5-8,12H,1-4H3;1-2H3. The van der Waals surface area contributed by atoms with Crippen LogP contribution in [0.1, 0.15) is 44.7 Å². The van der Waals surface area contributed by atoms with Crippen LogP contribution < -0.4 is 5.32 Å². The van der Waals surface area contributed by atoms with Crippen molar-refractivity contribution in [1.29, 1.82) is 0 Å². The van der Waals surface area contributed by atoms with Gasteiger partial charge in [0.15, 0.2) is 0 Å². The summed E-state index contributed by atoms with van der Waals surface area (Å²) in [6.07, 6.45) is 0. The molecule has 0 heterocycles. The lowest BCUT2D eigenvalue weighted by Crippen LogP contribution is -1.94. The van der Waals surface area contributed by atoms with Gasteiger partial charge in [0.2, 0.25) is 0 Å². The molecule has 1 aromatic rings. The van der Waals surface area contributed by atoms with E-state index in [2.05, 4.69) is 44.3 Å². The predicted octanol–water partition coefficient (Wildman–Crippen LogP) is 4.19. The van der Waals surface area contributed by atoms with Crippen LogP contribution in [0, 0.1) is 6.92 Å². The molecule has 1 rings (SSSR count). The number of aryl methyl sites for hydroxylation is 1. The lowest BCUT2D eigenvalue weighted by atomic mass is 10.0. The molecule has 0 aromatic heterocycles.